The fourth-order valence-electron chi connectivity index (χ4n) is 1.84. The minimum Gasteiger partial charge on any atom is -0.487 e. The zero-order chi connectivity index (χ0) is 13.8. The molecular formula is C14H17BrN2O2. The number of aromatic nitrogens is 2. The molecule has 0 aliphatic rings. The van der Waals surface area contributed by atoms with Gasteiger partial charge in [0.25, 0.3) is 0 Å². The summed E-state index contributed by atoms with van der Waals surface area (Å²) in [5.41, 5.74) is 2.84. The van der Waals surface area contributed by atoms with E-state index in [1.54, 1.807) is 0 Å². The molecule has 0 amide bonds. The first-order chi connectivity index (χ1) is 9.13. The van der Waals surface area contributed by atoms with E-state index < -0.39 is 0 Å². The highest BCUT2D eigenvalue weighted by molar-refractivity contribution is 9.10. The van der Waals surface area contributed by atoms with E-state index in [-0.39, 0.29) is 6.61 Å². The highest BCUT2D eigenvalue weighted by Crippen LogP contribution is 2.24. The fraction of sp³-hybridized carbons (Fsp3) is 0.357. The van der Waals surface area contributed by atoms with Crippen molar-refractivity contribution in [1.29, 1.82) is 0 Å². The van der Waals surface area contributed by atoms with Crippen LogP contribution >= 0.6 is 15.9 Å². The first kappa shape index (κ1) is 14.1. The molecule has 102 valence electrons. The highest BCUT2D eigenvalue weighted by atomic mass is 79.9. The number of nitrogens with zero attached hydrogens (tertiary/aromatic N) is 2. The van der Waals surface area contributed by atoms with Gasteiger partial charge in [-0.25, -0.2) is 0 Å². The number of ether oxygens (including phenoxy) is 1. The average molecular weight is 325 g/mol. The molecule has 0 unspecified atom stereocenters. The van der Waals surface area contributed by atoms with Crippen molar-refractivity contribution in [2.24, 2.45) is 7.05 Å². The van der Waals surface area contributed by atoms with Crippen LogP contribution in [0.1, 0.15) is 23.9 Å². The van der Waals surface area contributed by atoms with Crippen LogP contribution in [0.2, 0.25) is 0 Å². The molecule has 1 heterocycles. The van der Waals surface area contributed by atoms with E-state index in [1.165, 1.54) is 0 Å². The van der Waals surface area contributed by atoms with E-state index in [1.807, 2.05) is 36.0 Å². The van der Waals surface area contributed by atoms with Gasteiger partial charge in [-0.2, -0.15) is 5.10 Å². The number of hydrogen-bond donors (Lipinski definition) is 1. The Hall–Kier alpha value is -1.33. The monoisotopic (exact) mass is 324 g/mol. The molecule has 2 rings (SSSR count). The SMILES string of the molecule is CCc1cc(COc2ccc(Br)cc2CO)n(C)n1. The van der Waals surface area contributed by atoms with E-state index in [2.05, 4.69) is 28.0 Å². The number of benzene rings is 1. The zero-order valence-electron chi connectivity index (χ0n) is 11.1. The van der Waals surface area contributed by atoms with E-state index in [0.29, 0.717) is 12.4 Å². The van der Waals surface area contributed by atoms with Crippen molar-refractivity contribution < 1.29 is 9.84 Å². The summed E-state index contributed by atoms with van der Waals surface area (Å²) < 4.78 is 8.52. The molecule has 5 heteroatoms. The second-order valence-corrected chi connectivity index (χ2v) is 5.22. The third-order valence-corrected chi connectivity index (χ3v) is 3.45. The van der Waals surface area contributed by atoms with Crippen LogP contribution in [0.25, 0.3) is 0 Å². The Labute approximate surface area is 121 Å². The van der Waals surface area contributed by atoms with Gasteiger partial charge in [-0.3, -0.25) is 4.68 Å². The molecule has 4 nitrogen and oxygen atoms in total. The Kier molecular flexibility index (Phi) is 4.61. The first-order valence-corrected chi connectivity index (χ1v) is 6.97. The predicted octanol–water partition coefficient (Wildman–Crippen LogP) is 2.82. The molecule has 19 heavy (non-hydrogen) atoms. The lowest BCUT2D eigenvalue weighted by Crippen LogP contribution is -2.04. The number of hydrogen-bond acceptors (Lipinski definition) is 3. The summed E-state index contributed by atoms with van der Waals surface area (Å²) in [5, 5.41) is 13.7. The maximum atomic E-state index is 9.32. The third-order valence-electron chi connectivity index (χ3n) is 2.96. The second kappa shape index (κ2) is 6.21. The number of aliphatic hydroxyl groups excluding tert-OH is 1. The van der Waals surface area contributed by atoms with Crippen molar-refractivity contribution in [1.82, 2.24) is 9.78 Å². The predicted molar refractivity (Wildman–Crippen MR) is 77.0 cm³/mol. The van der Waals surface area contributed by atoms with Crippen molar-refractivity contribution in [3.8, 4) is 5.75 Å². The van der Waals surface area contributed by atoms with Crippen molar-refractivity contribution in [2.75, 3.05) is 0 Å². The van der Waals surface area contributed by atoms with Gasteiger partial charge in [0.1, 0.15) is 12.4 Å². The van der Waals surface area contributed by atoms with Gasteiger partial charge in [0.2, 0.25) is 0 Å². The van der Waals surface area contributed by atoms with Crippen LogP contribution in [0.3, 0.4) is 0 Å². The van der Waals surface area contributed by atoms with E-state index in [9.17, 15) is 5.11 Å². The Morgan fingerprint density at radius 2 is 2.16 bits per heavy atom. The van der Waals surface area contributed by atoms with Crippen LogP contribution in [-0.4, -0.2) is 14.9 Å². The molecule has 0 aliphatic heterocycles. The van der Waals surface area contributed by atoms with Gasteiger partial charge in [-0.1, -0.05) is 22.9 Å². The molecule has 0 spiro atoms. The normalized spacial score (nSPS) is 10.7. The lowest BCUT2D eigenvalue weighted by atomic mass is 10.2. The number of rotatable bonds is 5. The minimum atomic E-state index is -0.0413. The first-order valence-electron chi connectivity index (χ1n) is 6.18. The van der Waals surface area contributed by atoms with Crippen LogP contribution in [-0.2, 0) is 26.7 Å². The molecule has 1 aromatic heterocycles. The molecule has 1 N–H and O–H groups in total. The topological polar surface area (TPSA) is 47.3 Å². The second-order valence-electron chi connectivity index (χ2n) is 4.30. The summed E-state index contributed by atoms with van der Waals surface area (Å²) in [6.45, 7) is 2.48. The largest absolute Gasteiger partial charge is 0.487 e. The summed E-state index contributed by atoms with van der Waals surface area (Å²) >= 11 is 3.38. The fourth-order valence-corrected chi connectivity index (χ4v) is 2.25. The molecule has 2 aromatic rings. The molecule has 1 aromatic carbocycles. The standard InChI is InChI=1S/C14H17BrN2O2/c1-3-12-7-13(17(2)16-12)9-19-14-5-4-11(15)6-10(14)8-18/h4-7,18H,3,8-9H2,1-2H3. The van der Waals surface area contributed by atoms with Gasteiger partial charge in [-0.05, 0) is 30.7 Å². The summed E-state index contributed by atoms with van der Waals surface area (Å²) in [4.78, 5) is 0. The summed E-state index contributed by atoms with van der Waals surface area (Å²) in [7, 11) is 1.91. The van der Waals surface area contributed by atoms with Crippen molar-refractivity contribution in [3.63, 3.8) is 0 Å². The minimum absolute atomic E-state index is 0.0413. The van der Waals surface area contributed by atoms with E-state index in [0.717, 1.165) is 27.8 Å². The lowest BCUT2D eigenvalue weighted by Gasteiger charge is -2.10. The molecule has 0 radical (unpaired) electrons. The van der Waals surface area contributed by atoms with E-state index in [4.69, 9.17) is 4.74 Å². The van der Waals surface area contributed by atoms with Crippen LogP contribution in [0.15, 0.2) is 28.7 Å². The Morgan fingerprint density at radius 3 is 2.79 bits per heavy atom. The maximum Gasteiger partial charge on any atom is 0.130 e. The molecule has 0 saturated heterocycles. The van der Waals surface area contributed by atoms with Gasteiger partial charge in [0.05, 0.1) is 18.0 Å². The Morgan fingerprint density at radius 1 is 1.37 bits per heavy atom. The van der Waals surface area contributed by atoms with Crippen molar-refractivity contribution >= 4 is 15.9 Å². The van der Waals surface area contributed by atoms with Crippen LogP contribution in [0.4, 0.5) is 0 Å². The smallest absolute Gasteiger partial charge is 0.130 e. The zero-order valence-corrected chi connectivity index (χ0v) is 12.6. The molecule has 0 saturated carbocycles. The molecule has 0 atom stereocenters. The van der Waals surface area contributed by atoms with Crippen molar-refractivity contribution in [3.05, 3.63) is 45.7 Å². The van der Waals surface area contributed by atoms with Crippen LogP contribution in [0.5, 0.6) is 5.75 Å². The summed E-state index contributed by atoms with van der Waals surface area (Å²) in [6, 6.07) is 7.65. The van der Waals surface area contributed by atoms with E-state index >= 15 is 0 Å². The molecule has 0 fully saturated rings. The summed E-state index contributed by atoms with van der Waals surface area (Å²) in [5.74, 6) is 0.699. The lowest BCUT2D eigenvalue weighted by molar-refractivity contribution is 0.255. The molecule has 0 aliphatic carbocycles. The quantitative estimate of drug-likeness (QED) is 0.920. The molecule has 0 bridgehead atoms. The summed E-state index contributed by atoms with van der Waals surface area (Å²) in [6.07, 6.45) is 0.911. The Balaban J connectivity index is 2.11. The number of halogens is 1. The van der Waals surface area contributed by atoms with Gasteiger partial charge >= 0.3 is 0 Å². The average Bonchev–Trinajstić information content (AvgIpc) is 2.78. The Bertz CT molecular complexity index is 567. The van der Waals surface area contributed by atoms with Gasteiger partial charge in [-0.15, -0.1) is 0 Å². The van der Waals surface area contributed by atoms with Gasteiger partial charge < -0.3 is 9.84 Å². The number of aryl methyl sites for hydroxylation is 2. The van der Waals surface area contributed by atoms with Gasteiger partial charge in [0.15, 0.2) is 0 Å². The van der Waals surface area contributed by atoms with Crippen LogP contribution < -0.4 is 4.74 Å². The number of aliphatic hydroxyl groups is 1. The third kappa shape index (κ3) is 3.36. The maximum absolute atomic E-state index is 9.32. The van der Waals surface area contributed by atoms with Crippen molar-refractivity contribution in [2.45, 2.75) is 26.6 Å². The highest BCUT2D eigenvalue weighted by Gasteiger charge is 2.07. The van der Waals surface area contributed by atoms with Crippen LogP contribution in [0, 0.1) is 0 Å². The van der Waals surface area contributed by atoms with Gasteiger partial charge in [0, 0.05) is 17.1 Å². The molecular weight excluding hydrogens is 308 g/mol.